The van der Waals surface area contributed by atoms with Crippen molar-refractivity contribution in [2.45, 2.75) is 45.8 Å². The van der Waals surface area contributed by atoms with Crippen LogP contribution in [0.15, 0.2) is 16.5 Å². The quantitative estimate of drug-likeness (QED) is 0.271. The molecule has 1 aromatic rings. The van der Waals surface area contributed by atoms with Crippen molar-refractivity contribution in [2.75, 3.05) is 31.4 Å². The topological polar surface area (TPSA) is 80.7 Å². The van der Waals surface area contributed by atoms with Gasteiger partial charge < -0.3 is 10.2 Å². The summed E-state index contributed by atoms with van der Waals surface area (Å²) >= 11 is 11.7. The van der Waals surface area contributed by atoms with E-state index in [4.69, 9.17) is 37.9 Å². The number of nitrogens with two attached hydrogens (primary N) is 1. The monoisotopic (exact) mass is 413 g/mol. The highest BCUT2D eigenvalue weighted by Crippen LogP contribution is 2.47. The lowest BCUT2D eigenvalue weighted by atomic mass is 10.1. The Hall–Kier alpha value is -0.0700. The van der Waals surface area contributed by atoms with E-state index in [-0.39, 0.29) is 12.6 Å². The Bertz CT molecular complexity index is 522. The average Bonchev–Trinajstić information content (AvgIpc) is 2.98. The SMILES string of the molecule is Cc1ccc(COP(=O)(NCCCCC(C)N)N(CCCl)CCCl)o1. The summed E-state index contributed by atoms with van der Waals surface area (Å²) in [6.45, 7) is 5.38. The van der Waals surface area contributed by atoms with E-state index in [1.165, 1.54) is 0 Å². The van der Waals surface area contributed by atoms with Gasteiger partial charge in [-0.1, -0.05) is 6.42 Å². The van der Waals surface area contributed by atoms with Gasteiger partial charge in [-0.05, 0) is 38.8 Å². The number of alkyl halides is 2. The number of nitrogens with one attached hydrogen (secondary N) is 1. The molecule has 0 spiro atoms. The molecule has 2 unspecified atom stereocenters. The summed E-state index contributed by atoms with van der Waals surface area (Å²) < 4.78 is 26.3. The van der Waals surface area contributed by atoms with Gasteiger partial charge in [-0.3, -0.25) is 9.09 Å². The number of aryl methyl sites for hydroxylation is 1. The summed E-state index contributed by atoms with van der Waals surface area (Å²) in [5.41, 5.74) is 5.75. The fraction of sp³-hybridized carbons (Fsp3) is 0.750. The molecular formula is C16H30Cl2N3O3P. The Labute approximate surface area is 160 Å². The molecule has 0 radical (unpaired) electrons. The number of halogens is 2. The summed E-state index contributed by atoms with van der Waals surface area (Å²) in [6, 6.07) is 3.84. The largest absolute Gasteiger partial charge is 0.464 e. The molecule has 146 valence electrons. The predicted molar refractivity (Wildman–Crippen MR) is 104 cm³/mol. The fourth-order valence-corrected chi connectivity index (χ4v) is 4.89. The van der Waals surface area contributed by atoms with Crippen molar-refractivity contribution >= 4 is 30.9 Å². The van der Waals surface area contributed by atoms with Gasteiger partial charge in [0.2, 0.25) is 0 Å². The molecule has 0 saturated heterocycles. The maximum atomic E-state index is 13.4. The molecule has 3 N–H and O–H groups in total. The van der Waals surface area contributed by atoms with Gasteiger partial charge in [0.15, 0.2) is 0 Å². The van der Waals surface area contributed by atoms with Gasteiger partial charge in [-0.2, -0.15) is 0 Å². The van der Waals surface area contributed by atoms with Gasteiger partial charge >= 0.3 is 7.67 Å². The summed E-state index contributed by atoms with van der Waals surface area (Å²) in [4.78, 5) is 0. The van der Waals surface area contributed by atoms with Crippen molar-refractivity contribution < 1.29 is 13.5 Å². The van der Waals surface area contributed by atoms with Crippen molar-refractivity contribution in [3.8, 4) is 0 Å². The van der Waals surface area contributed by atoms with Gasteiger partial charge in [-0.15, -0.1) is 23.2 Å². The molecule has 0 bridgehead atoms. The molecule has 0 saturated carbocycles. The van der Waals surface area contributed by atoms with Crippen LogP contribution in [0.5, 0.6) is 0 Å². The first-order chi connectivity index (χ1) is 11.9. The Balaban J connectivity index is 2.67. The first-order valence-corrected chi connectivity index (χ1v) is 11.2. The average molecular weight is 414 g/mol. The van der Waals surface area contributed by atoms with Crippen LogP contribution in [0.25, 0.3) is 0 Å². The third kappa shape index (κ3) is 8.91. The van der Waals surface area contributed by atoms with Crippen molar-refractivity contribution in [2.24, 2.45) is 5.73 Å². The number of hydrogen-bond donors (Lipinski definition) is 2. The van der Waals surface area contributed by atoms with Crippen LogP contribution < -0.4 is 10.8 Å². The van der Waals surface area contributed by atoms with E-state index < -0.39 is 7.67 Å². The Morgan fingerprint density at radius 2 is 2.00 bits per heavy atom. The van der Waals surface area contributed by atoms with Crippen LogP contribution in [0.1, 0.15) is 37.7 Å². The second-order valence-corrected chi connectivity index (χ2v) is 8.96. The third-order valence-corrected chi connectivity index (χ3v) is 6.22. The predicted octanol–water partition coefficient (Wildman–Crippen LogP) is 4.10. The minimum atomic E-state index is -3.26. The Morgan fingerprint density at radius 1 is 1.32 bits per heavy atom. The van der Waals surface area contributed by atoms with Gasteiger partial charge in [0.1, 0.15) is 18.1 Å². The van der Waals surface area contributed by atoms with Crippen LogP contribution in [0.2, 0.25) is 0 Å². The number of nitrogens with zero attached hydrogens (tertiary/aromatic N) is 1. The summed E-state index contributed by atoms with van der Waals surface area (Å²) in [5, 5.41) is 3.08. The number of rotatable bonds is 14. The zero-order chi connectivity index (χ0) is 18.7. The van der Waals surface area contributed by atoms with Gasteiger partial charge in [0, 0.05) is 37.4 Å². The highest BCUT2D eigenvalue weighted by atomic mass is 35.5. The maximum Gasteiger partial charge on any atom is 0.343 e. The zero-order valence-corrected chi connectivity index (χ0v) is 17.5. The van der Waals surface area contributed by atoms with Gasteiger partial charge in [0.25, 0.3) is 0 Å². The molecule has 0 aliphatic carbocycles. The molecule has 1 rings (SSSR count). The molecular weight excluding hydrogens is 384 g/mol. The molecule has 9 heteroatoms. The molecule has 0 aliphatic heterocycles. The number of hydrogen-bond acceptors (Lipinski definition) is 4. The lowest BCUT2D eigenvalue weighted by molar-refractivity contribution is 0.225. The van der Waals surface area contributed by atoms with E-state index >= 15 is 0 Å². The van der Waals surface area contributed by atoms with Crippen LogP contribution in [0.3, 0.4) is 0 Å². The highest BCUT2D eigenvalue weighted by Gasteiger charge is 2.31. The molecule has 0 aliphatic rings. The van der Waals surface area contributed by atoms with E-state index in [0.717, 1.165) is 25.0 Å². The number of furan rings is 1. The highest BCUT2D eigenvalue weighted by molar-refractivity contribution is 7.54. The van der Waals surface area contributed by atoms with Crippen molar-refractivity contribution in [1.82, 2.24) is 9.76 Å². The van der Waals surface area contributed by atoms with Gasteiger partial charge in [-0.25, -0.2) is 9.76 Å². The lowest BCUT2D eigenvalue weighted by Crippen LogP contribution is -2.33. The lowest BCUT2D eigenvalue weighted by Gasteiger charge is -2.30. The second kappa shape index (κ2) is 12.3. The molecule has 6 nitrogen and oxygen atoms in total. The first-order valence-electron chi connectivity index (χ1n) is 8.59. The molecule has 1 heterocycles. The maximum absolute atomic E-state index is 13.4. The van der Waals surface area contributed by atoms with Crippen LogP contribution in [0.4, 0.5) is 0 Å². The van der Waals surface area contributed by atoms with E-state index in [1.807, 2.05) is 26.0 Å². The van der Waals surface area contributed by atoms with Gasteiger partial charge in [0.05, 0.1) is 0 Å². The molecule has 0 aromatic carbocycles. The second-order valence-electron chi connectivity index (χ2n) is 6.02. The molecule has 1 aromatic heterocycles. The van der Waals surface area contributed by atoms with Crippen molar-refractivity contribution in [1.29, 1.82) is 0 Å². The zero-order valence-electron chi connectivity index (χ0n) is 15.0. The minimum absolute atomic E-state index is 0.124. The Kier molecular flexibility index (Phi) is 11.3. The van der Waals surface area contributed by atoms with Crippen LogP contribution in [0, 0.1) is 6.92 Å². The van der Waals surface area contributed by atoms with E-state index in [1.54, 1.807) is 4.67 Å². The van der Waals surface area contributed by atoms with Crippen molar-refractivity contribution in [3.05, 3.63) is 23.7 Å². The van der Waals surface area contributed by atoms with Crippen molar-refractivity contribution in [3.63, 3.8) is 0 Å². The molecule has 2 atom stereocenters. The third-order valence-electron chi connectivity index (χ3n) is 3.63. The van der Waals surface area contributed by atoms with Crippen LogP contribution in [-0.4, -0.2) is 42.1 Å². The summed E-state index contributed by atoms with van der Waals surface area (Å²) in [5.74, 6) is 2.11. The van der Waals surface area contributed by atoms with E-state index in [2.05, 4.69) is 5.09 Å². The Morgan fingerprint density at radius 3 is 2.52 bits per heavy atom. The van der Waals surface area contributed by atoms with Crippen LogP contribution >= 0.6 is 30.9 Å². The van der Waals surface area contributed by atoms with Crippen LogP contribution in [-0.2, 0) is 15.7 Å². The standard InChI is InChI=1S/C16H30Cl2N3O3P/c1-14(19)5-3-4-10-20-25(22,21(11-8-17)12-9-18)23-13-16-7-6-15(2)24-16/h6-7,14H,3-5,8-13,19H2,1-2H3,(H,20,22). The smallest absolute Gasteiger partial charge is 0.343 e. The molecule has 0 fully saturated rings. The van der Waals surface area contributed by atoms with E-state index in [0.29, 0.717) is 37.2 Å². The summed E-state index contributed by atoms with van der Waals surface area (Å²) in [6.07, 6.45) is 2.77. The molecule has 25 heavy (non-hydrogen) atoms. The summed E-state index contributed by atoms with van der Waals surface area (Å²) in [7, 11) is -3.26. The minimum Gasteiger partial charge on any atom is -0.464 e. The normalized spacial score (nSPS) is 15.4. The van der Waals surface area contributed by atoms with E-state index in [9.17, 15) is 4.57 Å². The fourth-order valence-electron chi connectivity index (χ4n) is 2.32. The molecule has 0 amide bonds. The first kappa shape index (κ1) is 23.0. The number of unbranched alkanes of at least 4 members (excludes halogenated alkanes) is 1.